The van der Waals surface area contributed by atoms with Crippen molar-refractivity contribution in [1.29, 1.82) is 0 Å². The minimum atomic E-state index is -0.133. The molecular weight excluding hydrogens is 516 g/mol. The molecule has 0 saturated carbocycles. The van der Waals surface area contributed by atoms with Crippen molar-refractivity contribution in [3.63, 3.8) is 0 Å². The summed E-state index contributed by atoms with van der Waals surface area (Å²) < 4.78 is 31.8. The lowest BCUT2D eigenvalue weighted by Gasteiger charge is -2.28. The fraction of sp³-hybridized carbons (Fsp3) is 0.324. The van der Waals surface area contributed by atoms with Crippen LogP contribution in [0.15, 0.2) is 83.9 Å². The Morgan fingerprint density at radius 1 is 0.829 bits per heavy atom. The molecule has 0 spiro atoms. The van der Waals surface area contributed by atoms with E-state index in [1.54, 1.807) is 21.3 Å². The van der Waals surface area contributed by atoms with Gasteiger partial charge in [0.25, 0.3) is 0 Å². The molecule has 1 aliphatic rings. The van der Waals surface area contributed by atoms with Crippen LogP contribution >= 0.6 is 0 Å². The molecule has 0 radical (unpaired) electrons. The number of aromatic nitrogens is 1. The van der Waals surface area contributed by atoms with Crippen LogP contribution in [0, 0.1) is 6.92 Å². The zero-order chi connectivity index (χ0) is 28.6. The largest absolute Gasteiger partial charge is 0.493 e. The van der Waals surface area contributed by atoms with Crippen molar-refractivity contribution in [2.24, 2.45) is 4.99 Å². The lowest BCUT2D eigenvalue weighted by Crippen LogP contribution is -2.30. The van der Waals surface area contributed by atoms with Crippen molar-refractivity contribution < 1.29 is 23.7 Å². The van der Waals surface area contributed by atoms with Gasteiger partial charge in [0.05, 0.1) is 32.1 Å². The van der Waals surface area contributed by atoms with Crippen molar-refractivity contribution in [2.45, 2.75) is 39.2 Å². The zero-order valence-corrected chi connectivity index (χ0v) is 24.3. The average Bonchev–Trinajstić information content (AvgIpc) is 3.02. The topological polar surface area (TPSA) is 63.4 Å². The fourth-order valence-corrected chi connectivity index (χ4v) is 5.28. The highest BCUT2D eigenvalue weighted by Crippen LogP contribution is 2.43. The summed E-state index contributed by atoms with van der Waals surface area (Å²) in [5.41, 5.74) is 7.42. The minimum absolute atomic E-state index is 0.133. The Morgan fingerprint density at radius 3 is 2.10 bits per heavy atom. The monoisotopic (exact) mass is 554 g/mol. The van der Waals surface area contributed by atoms with E-state index in [1.165, 1.54) is 0 Å². The highest BCUT2D eigenvalue weighted by atomic mass is 16.5. The first-order valence-corrected chi connectivity index (χ1v) is 13.9. The number of rotatable bonds is 12. The third-order valence-electron chi connectivity index (χ3n) is 7.42. The number of pyridine rings is 1. The SMILES string of the molecule is COCC(CN=c1cc(OCc2ccccc2)c(C)c2n1CCc1c-2ccc(OCc2ccccc2)c1OC)OC. The highest BCUT2D eigenvalue weighted by molar-refractivity contribution is 5.75. The van der Waals surface area contributed by atoms with Crippen molar-refractivity contribution in [2.75, 3.05) is 34.5 Å². The van der Waals surface area contributed by atoms with Gasteiger partial charge in [-0.15, -0.1) is 0 Å². The lowest BCUT2D eigenvalue weighted by molar-refractivity contribution is 0.0338. The predicted molar refractivity (Wildman–Crippen MR) is 160 cm³/mol. The Kier molecular flexibility index (Phi) is 9.39. The first kappa shape index (κ1) is 28.5. The van der Waals surface area contributed by atoms with Gasteiger partial charge in [0.1, 0.15) is 24.5 Å². The zero-order valence-electron chi connectivity index (χ0n) is 24.3. The van der Waals surface area contributed by atoms with Crippen LogP contribution in [0.5, 0.6) is 17.2 Å². The number of fused-ring (bicyclic) bond motifs is 3. The van der Waals surface area contributed by atoms with Gasteiger partial charge in [-0.2, -0.15) is 0 Å². The lowest BCUT2D eigenvalue weighted by atomic mass is 9.93. The van der Waals surface area contributed by atoms with E-state index < -0.39 is 0 Å². The van der Waals surface area contributed by atoms with Crippen molar-refractivity contribution in [3.8, 4) is 28.5 Å². The molecule has 1 unspecified atom stereocenters. The molecule has 214 valence electrons. The number of hydrogen-bond donors (Lipinski definition) is 0. The summed E-state index contributed by atoms with van der Waals surface area (Å²) in [6.45, 7) is 4.76. The molecule has 1 aliphatic heterocycles. The molecule has 0 aliphatic carbocycles. The maximum atomic E-state index is 6.41. The summed E-state index contributed by atoms with van der Waals surface area (Å²) in [7, 11) is 5.07. The molecule has 0 saturated heterocycles. The van der Waals surface area contributed by atoms with E-state index in [0.29, 0.717) is 26.4 Å². The van der Waals surface area contributed by atoms with Gasteiger partial charge in [-0.1, -0.05) is 60.7 Å². The van der Waals surface area contributed by atoms with Crippen molar-refractivity contribution in [3.05, 3.63) is 107 Å². The second kappa shape index (κ2) is 13.5. The quantitative estimate of drug-likeness (QED) is 0.223. The van der Waals surface area contributed by atoms with E-state index in [2.05, 4.69) is 41.8 Å². The van der Waals surface area contributed by atoms with Crippen LogP contribution in [0.25, 0.3) is 11.3 Å². The van der Waals surface area contributed by atoms with Crippen LogP contribution in [0.2, 0.25) is 0 Å². The van der Waals surface area contributed by atoms with E-state index in [9.17, 15) is 0 Å². The number of hydrogen-bond acceptors (Lipinski definition) is 6. The summed E-state index contributed by atoms with van der Waals surface area (Å²) in [4.78, 5) is 4.98. The third-order valence-corrected chi connectivity index (χ3v) is 7.42. The molecule has 1 aromatic heterocycles. The molecule has 41 heavy (non-hydrogen) atoms. The predicted octanol–water partition coefficient (Wildman–Crippen LogP) is 5.75. The molecule has 7 heteroatoms. The highest BCUT2D eigenvalue weighted by Gasteiger charge is 2.26. The minimum Gasteiger partial charge on any atom is -0.493 e. The summed E-state index contributed by atoms with van der Waals surface area (Å²) in [6.07, 6.45) is 0.656. The average molecular weight is 555 g/mol. The van der Waals surface area contributed by atoms with Crippen molar-refractivity contribution >= 4 is 0 Å². The van der Waals surface area contributed by atoms with Gasteiger partial charge >= 0.3 is 0 Å². The van der Waals surface area contributed by atoms with Gasteiger partial charge < -0.3 is 28.3 Å². The Hall–Kier alpha value is -4.07. The second-order valence-electron chi connectivity index (χ2n) is 10.1. The molecule has 0 fully saturated rings. The van der Waals surface area contributed by atoms with Gasteiger partial charge in [-0.3, -0.25) is 4.99 Å². The molecule has 4 aromatic rings. The van der Waals surface area contributed by atoms with E-state index in [0.717, 1.165) is 69.2 Å². The first-order chi connectivity index (χ1) is 20.1. The van der Waals surface area contributed by atoms with E-state index in [-0.39, 0.29) is 6.10 Å². The molecule has 3 aromatic carbocycles. The molecule has 1 atom stereocenters. The maximum Gasteiger partial charge on any atom is 0.164 e. The van der Waals surface area contributed by atoms with E-state index in [4.69, 9.17) is 28.7 Å². The van der Waals surface area contributed by atoms with Gasteiger partial charge in [0.2, 0.25) is 0 Å². The van der Waals surface area contributed by atoms with Crippen molar-refractivity contribution in [1.82, 2.24) is 4.57 Å². The maximum absolute atomic E-state index is 6.41. The molecule has 0 amide bonds. The fourth-order valence-electron chi connectivity index (χ4n) is 5.28. The molecular formula is C34H38N2O5. The van der Waals surface area contributed by atoms with E-state index in [1.807, 2.05) is 48.5 Å². The molecule has 0 bridgehead atoms. The standard InChI is InChI=1S/C34H38N2O5/c1-24-31(41-22-26-13-9-6-10-14-26)19-32(35-20-27(38-3)23-37-2)36-18-17-29-28(33(24)36)15-16-30(34(29)39-4)40-21-25-11-7-5-8-12-25/h5-16,19,27H,17-18,20-23H2,1-4H3. The molecule has 0 N–H and O–H groups in total. The van der Waals surface area contributed by atoms with Crippen LogP contribution in [-0.4, -0.2) is 45.2 Å². The van der Waals surface area contributed by atoms with Crippen LogP contribution in [0.3, 0.4) is 0 Å². The first-order valence-electron chi connectivity index (χ1n) is 13.9. The van der Waals surface area contributed by atoms with Gasteiger partial charge in [-0.05, 0) is 36.6 Å². The van der Waals surface area contributed by atoms with E-state index >= 15 is 0 Å². The second-order valence-corrected chi connectivity index (χ2v) is 10.1. The Morgan fingerprint density at radius 2 is 1.49 bits per heavy atom. The van der Waals surface area contributed by atoms with Gasteiger partial charge in [0, 0.05) is 43.5 Å². The summed E-state index contributed by atoms with van der Waals surface area (Å²) in [5, 5.41) is 0. The van der Waals surface area contributed by atoms with Crippen LogP contribution < -0.4 is 19.7 Å². The smallest absolute Gasteiger partial charge is 0.164 e. The van der Waals surface area contributed by atoms with Crippen LogP contribution in [0.4, 0.5) is 0 Å². The molecule has 2 heterocycles. The molecule has 7 nitrogen and oxygen atoms in total. The Labute approximate surface area is 242 Å². The normalized spacial score (nSPS) is 13.3. The third kappa shape index (κ3) is 6.47. The summed E-state index contributed by atoms with van der Waals surface area (Å²) in [6, 6.07) is 26.5. The summed E-state index contributed by atoms with van der Waals surface area (Å²) in [5.74, 6) is 2.32. The Balaban J connectivity index is 1.56. The molecule has 5 rings (SSSR count). The summed E-state index contributed by atoms with van der Waals surface area (Å²) >= 11 is 0. The number of methoxy groups -OCH3 is 3. The number of ether oxygens (including phenoxy) is 5. The van der Waals surface area contributed by atoms with Crippen LogP contribution in [-0.2, 0) is 35.7 Å². The Bertz CT molecular complexity index is 1520. The van der Waals surface area contributed by atoms with Crippen LogP contribution in [0.1, 0.15) is 22.3 Å². The number of nitrogens with zero attached hydrogens (tertiary/aromatic N) is 2. The van der Waals surface area contributed by atoms with Gasteiger partial charge in [0.15, 0.2) is 11.5 Å². The number of benzene rings is 3. The van der Waals surface area contributed by atoms with Gasteiger partial charge in [-0.25, -0.2) is 0 Å².